The maximum absolute atomic E-state index is 12.2. The molecule has 1 amide bonds. The van der Waals surface area contributed by atoms with Gasteiger partial charge in [-0.15, -0.1) is 0 Å². The summed E-state index contributed by atoms with van der Waals surface area (Å²) in [5.74, 6) is 0.300. The summed E-state index contributed by atoms with van der Waals surface area (Å²) in [6.07, 6.45) is 4.46. The number of pyridine rings is 1. The summed E-state index contributed by atoms with van der Waals surface area (Å²) < 4.78 is 16.1. The number of ether oxygens (including phenoxy) is 3. The van der Waals surface area contributed by atoms with E-state index in [2.05, 4.69) is 15.5 Å². The quantitative estimate of drug-likeness (QED) is 0.261. The van der Waals surface area contributed by atoms with Crippen LogP contribution in [0, 0.1) is 6.92 Å². The zero-order valence-electron chi connectivity index (χ0n) is 17.1. The van der Waals surface area contributed by atoms with Gasteiger partial charge < -0.3 is 14.2 Å². The van der Waals surface area contributed by atoms with Crippen LogP contribution in [0.4, 0.5) is 0 Å². The Morgan fingerprint density at radius 3 is 2.61 bits per heavy atom. The van der Waals surface area contributed by atoms with Crippen LogP contribution >= 0.6 is 0 Å². The van der Waals surface area contributed by atoms with E-state index in [9.17, 15) is 9.59 Å². The molecule has 2 aromatic carbocycles. The third-order valence-electron chi connectivity index (χ3n) is 4.07. The highest BCUT2D eigenvalue weighted by molar-refractivity contribution is 5.91. The lowest BCUT2D eigenvalue weighted by atomic mass is 10.2. The maximum Gasteiger partial charge on any atom is 0.343 e. The number of carbonyl (C=O) groups is 2. The molecule has 0 radical (unpaired) electrons. The van der Waals surface area contributed by atoms with E-state index < -0.39 is 11.9 Å². The average molecular weight is 419 g/mol. The molecule has 8 nitrogen and oxygen atoms in total. The lowest BCUT2D eigenvalue weighted by molar-refractivity contribution is -0.123. The first kappa shape index (κ1) is 21.5. The van der Waals surface area contributed by atoms with E-state index in [1.54, 1.807) is 36.4 Å². The van der Waals surface area contributed by atoms with Crippen LogP contribution in [0.1, 0.15) is 21.5 Å². The highest BCUT2D eigenvalue weighted by Gasteiger charge is 2.12. The van der Waals surface area contributed by atoms with Crippen LogP contribution in [-0.4, -0.2) is 36.8 Å². The third kappa shape index (κ3) is 6.40. The number of hydrazone groups is 1. The van der Waals surface area contributed by atoms with Crippen LogP contribution in [0.5, 0.6) is 17.2 Å². The minimum Gasteiger partial charge on any atom is -0.493 e. The number of hydrogen-bond acceptors (Lipinski definition) is 7. The van der Waals surface area contributed by atoms with Crippen LogP contribution in [0.2, 0.25) is 0 Å². The van der Waals surface area contributed by atoms with Gasteiger partial charge in [0.25, 0.3) is 5.91 Å². The molecule has 3 rings (SSSR count). The maximum atomic E-state index is 12.2. The molecule has 0 bridgehead atoms. The van der Waals surface area contributed by atoms with E-state index in [0.717, 1.165) is 5.56 Å². The lowest BCUT2D eigenvalue weighted by Crippen LogP contribution is -2.24. The molecule has 1 aromatic heterocycles. The van der Waals surface area contributed by atoms with E-state index in [0.29, 0.717) is 22.6 Å². The molecule has 1 N–H and O–H groups in total. The number of methoxy groups -OCH3 is 1. The number of aromatic nitrogens is 1. The number of benzene rings is 2. The van der Waals surface area contributed by atoms with E-state index in [-0.39, 0.29) is 12.4 Å². The fourth-order valence-corrected chi connectivity index (χ4v) is 2.56. The Bertz CT molecular complexity index is 1080. The van der Waals surface area contributed by atoms with Gasteiger partial charge in [0, 0.05) is 12.4 Å². The van der Waals surface area contributed by atoms with Crippen LogP contribution in [0.15, 0.2) is 72.1 Å². The molecular weight excluding hydrogens is 398 g/mol. The molecule has 0 aliphatic carbocycles. The van der Waals surface area contributed by atoms with Gasteiger partial charge in [0.1, 0.15) is 5.75 Å². The van der Waals surface area contributed by atoms with Crippen LogP contribution in [0.3, 0.4) is 0 Å². The zero-order chi connectivity index (χ0) is 22.1. The molecule has 8 heteroatoms. The van der Waals surface area contributed by atoms with Gasteiger partial charge in [0.05, 0.1) is 18.9 Å². The van der Waals surface area contributed by atoms with E-state index in [1.807, 2.05) is 25.1 Å². The normalized spacial score (nSPS) is 10.5. The van der Waals surface area contributed by atoms with Gasteiger partial charge in [-0.1, -0.05) is 12.1 Å². The molecule has 1 heterocycles. The molecule has 0 atom stereocenters. The van der Waals surface area contributed by atoms with Crippen LogP contribution in [-0.2, 0) is 4.79 Å². The summed E-state index contributed by atoms with van der Waals surface area (Å²) >= 11 is 0. The van der Waals surface area contributed by atoms with Gasteiger partial charge in [-0.3, -0.25) is 9.78 Å². The van der Waals surface area contributed by atoms with E-state index >= 15 is 0 Å². The standard InChI is InChI=1S/C23H21N3O5/c1-16-4-3-5-19(12-16)30-15-22(27)26-25-14-17-6-7-20(21(13-17)29-2)31-23(28)18-8-10-24-11-9-18/h3-14H,15H2,1-2H3,(H,26,27)/b25-14-. The minimum absolute atomic E-state index is 0.159. The van der Waals surface area contributed by atoms with Crippen molar-refractivity contribution in [3.63, 3.8) is 0 Å². The SMILES string of the molecule is COc1cc(/C=N\NC(=O)COc2cccc(C)c2)ccc1OC(=O)c1ccncc1. The second kappa shape index (κ2) is 10.5. The van der Waals surface area contributed by atoms with Crippen molar-refractivity contribution in [1.29, 1.82) is 0 Å². The number of esters is 1. The van der Waals surface area contributed by atoms with Gasteiger partial charge in [-0.05, 0) is 60.5 Å². The smallest absolute Gasteiger partial charge is 0.343 e. The number of rotatable bonds is 8. The van der Waals surface area contributed by atoms with Gasteiger partial charge >= 0.3 is 5.97 Å². The second-order valence-electron chi connectivity index (χ2n) is 6.43. The van der Waals surface area contributed by atoms with Crippen LogP contribution < -0.4 is 19.6 Å². The number of nitrogens with one attached hydrogen (secondary N) is 1. The Morgan fingerprint density at radius 1 is 1.06 bits per heavy atom. The van der Waals surface area contributed by atoms with Crippen molar-refractivity contribution in [1.82, 2.24) is 10.4 Å². The summed E-state index contributed by atoms with van der Waals surface area (Å²) in [5.41, 5.74) is 4.45. The first-order chi connectivity index (χ1) is 15.0. The fourth-order valence-electron chi connectivity index (χ4n) is 2.56. The summed E-state index contributed by atoms with van der Waals surface area (Å²) in [7, 11) is 1.46. The minimum atomic E-state index is -0.525. The Kier molecular flexibility index (Phi) is 7.31. The van der Waals surface area contributed by atoms with Gasteiger partial charge in [-0.25, -0.2) is 10.2 Å². The first-order valence-electron chi connectivity index (χ1n) is 9.37. The second-order valence-corrected chi connectivity index (χ2v) is 6.43. The molecule has 158 valence electrons. The topological polar surface area (TPSA) is 99.1 Å². The lowest BCUT2D eigenvalue weighted by Gasteiger charge is -2.10. The van der Waals surface area contributed by atoms with Crippen molar-refractivity contribution in [2.24, 2.45) is 5.10 Å². The number of amides is 1. The Hall–Kier alpha value is -4.20. The van der Waals surface area contributed by atoms with Crippen LogP contribution in [0.25, 0.3) is 0 Å². The highest BCUT2D eigenvalue weighted by Crippen LogP contribution is 2.28. The monoisotopic (exact) mass is 419 g/mol. The number of hydrogen-bond donors (Lipinski definition) is 1. The predicted molar refractivity (Wildman–Crippen MR) is 115 cm³/mol. The Labute approximate surface area is 179 Å². The summed E-state index contributed by atoms with van der Waals surface area (Å²) in [4.78, 5) is 28.0. The van der Waals surface area contributed by atoms with Crippen molar-refractivity contribution in [2.75, 3.05) is 13.7 Å². The van der Waals surface area contributed by atoms with E-state index in [1.165, 1.54) is 25.7 Å². The molecule has 0 unspecified atom stereocenters. The third-order valence-corrected chi connectivity index (χ3v) is 4.07. The number of aryl methyl sites for hydroxylation is 1. The molecule has 0 fully saturated rings. The van der Waals surface area contributed by atoms with Crippen molar-refractivity contribution in [3.8, 4) is 17.2 Å². The first-order valence-corrected chi connectivity index (χ1v) is 9.37. The molecule has 0 aliphatic heterocycles. The molecule has 0 saturated carbocycles. The summed E-state index contributed by atoms with van der Waals surface area (Å²) in [6, 6.07) is 15.4. The largest absolute Gasteiger partial charge is 0.493 e. The fraction of sp³-hybridized carbons (Fsp3) is 0.130. The number of carbonyl (C=O) groups excluding carboxylic acids is 2. The molecule has 0 aliphatic rings. The Morgan fingerprint density at radius 2 is 1.87 bits per heavy atom. The van der Waals surface area contributed by atoms with Gasteiger partial charge in [-0.2, -0.15) is 5.10 Å². The van der Waals surface area contributed by atoms with Crippen molar-refractivity contribution in [2.45, 2.75) is 6.92 Å². The van der Waals surface area contributed by atoms with E-state index in [4.69, 9.17) is 14.2 Å². The molecular formula is C23H21N3O5. The average Bonchev–Trinajstić information content (AvgIpc) is 2.79. The van der Waals surface area contributed by atoms with Gasteiger partial charge in [0.2, 0.25) is 0 Å². The molecule has 3 aromatic rings. The number of nitrogens with zero attached hydrogens (tertiary/aromatic N) is 2. The zero-order valence-corrected chi connectivity index (χ0v) is 17.1. The molecule has 0 saturated heterocycles. The van der Waals surface area contributed by atoms with Crippen molar-refractivity contribution >= 4 is 18.1 Å². The Balaban J connectivity index is 1.55. The molecule has 0 spiro atoms. The van der Waals surface area contributed by atoms with Crippen molar-refractivity contribution in [3.05, 3.63) is 83.7 Å². The van der Waals surface area contributed by atoms with Crippen molar-refractivity contribution < 1.29 is 23.8 Å². The van der Waals surface area contributed by atoms with Gasteiger partial charge in [0.15, 0.2) is 18.1 Å². The molecule has 31 heavy (non-hydrogen) atoms. The summed E-state index contributed by atoms with van der Waals surface area (Å²) in [5, 5.41) is 3.91. The predicted octanol–water partition coefficient (Wildman–Crippen LogP) is 3.15. The highest BCUT2D eigenvalue weighted by atomic mass is 16.6. The summed E-state index contributed by atoms with van der Waals surface area (Å²) in [6.45, 7) is 1.78.